The van der Waals surface area contributed by atoms with Crippen molar-refractivity contribution in [2.24, 2.45) is 11.8 Å². The van der Waals surface area contributed by atoms with Gasteiger partial charge in [-0.25, -0.2) is 4.98 Å². The quantitative estimate of drug-likeness (QED) is 0.487. The second-order valence-electron chi connectivity index (χ2n) is 8.31. The Morgan fingerprint density at radius 1 is 1.23 bits per heavy atom. The Hall–Kier alpha value is -3.26. The summed E-state index contributed by atoms with van der Waals surface area (Å²) in [4.78, 5) is 28.2. The third-order valence-electron chi connectivity index (χ3n) is 6.38. The van der Waals surface area contributed by atoms with Crippen LogP contribution in [0.25, 0.3) is 10.9 Å². The number of fused-ring (bicyclic) bond motifs is 2. The van der Waals surface area contributed by atoms with Crippen molar-refractivity contribution in [2.75, 3.05) is 18.0 Å². The minimum atomic E-state index is -0.134. The fraction of sp³-hybridized carbons (Fsp3) is 0.318. The lowest BCUT2D eigenvalue weighted by molar-refractivity contribution is 0.363. The lowest BCUT2D eigenvalue weighted by atomic mass is 10.2. The first-order valence-corrected chi connectivity index (χ1v) is 10.6. The van der Waals surface area contributed by atoms with Gasteiger partial charge >= 0.3 is 0 Å². The predicted molar refractivity (Wildman–Crippen MR) is 115 cm³/mol. The Morgan fingerprint density at radius 2 is 2.06 bits per heavy atom. The average Bonchev–Trinajstić information content (AvgIpc) is 3.09. The van der Waals surface area contributed by atoms with Gasteiger partial charge in [0.25, 0.3) is 5.56 Å². The fourth-order valence-corrected chi connectivity index (χ4v) is 4.96. The van der Waals surface area contributed by atoms with Gasteiger partial charge in [0, 0.05) is 35.9 Å². The highest BCUT2D eigenvalue weighted by molar-refractivity contribution is 6.30. The van der Waals surface area contributed by atoms with E-state index in [2.05, 4.69) is 31.1 Å². The molecule has 2 fully saturated rings. The van der Waals surface area contributed by atoms with Crippen LogP contribution in [0.5, 0.6) is 0 Å². The van der Waals surface area contributed by atoms with Gasteiger partial charge in [0.05, 0.1) is 23.4 Å². The van der Waals surface area contributed by atoms with Crippen LogP contribution in [0.15, 0.2) is 52.3 Å². The Bertz CT molecular complexity index is 1350. The first-order chi connectivity index (χ1) is 15.1. The van der Waals surface area contributed by atoms with Crippen molar-refractivity contribution in [3.63, 3.8) is 0 Å². The van der Waals surface area contributed by atoms with Crippen LogP contribution in [-0.2, 0) is 6.54 Å². The molecule has 1 saturated heterocycles. The highest BCUT2D eigenvalue weighted by Gasteiger charge is 2.58. The fourth-order valence-electron chi connectivity index (χ4n) is 4.77. The van der Waals surface area contributed by atoms with Gasteiger partial charge in [-0.3, -0.25) is 14.3 Å². The second-order valence-corrected chi connectivity index (χ2v) is 8.75. The molecule has 1 aromatic carbocycles. The lowest BCUT2D eigenvalue weighted by Crippen LogP contribution is -2.23. The van der Waals surface area contributed by atoms with E-state index in [0.717, 1.165) is 35.2 Å². The van der Waals surface area contributed by atoms with Gasteiger partial charge in [-0.05, 0) is 42.5 Å². The number of rotatable bonds is 4. The maximum Gasteiger partial charge on any atom is 0.262 e. The summed E-state index contributed by atoms with van der Waals surface area (Å²) < 4.78 is 6.97. The molecule has 6 rings (SSSR count). The lowest BCUT2D eigenvalue weighted by Gasteiger charge is -2.21. The minimum Gasteiger partial charge on any atom is -0.371 e. The number of halogens is 1. The smallest absolute Gasteiger partial charge is 0.262 e. The molecule has 1 aliphatic carbocycles. The molecule has 1 saturated carbocycles. The molecule has 2 aliphatic rings. The molecule has 9 heteroatoms. The van der Waals surface area contributed by atoms with Gasteiger partial charge in [0.15, 0.2) is 5.82 Å². The summed E-state index contributed by atoms with van der Waals surface area (Å²) in [6.07, 6.45) is 4.76. The van der Waals surface area contributed by atoms with Gasteiger partial charge < -0.3 is 9.42 Å². The van der Waals surface area contributed by atoms with E-state index in [-0.39, 0.29) is 12.1 Å². The van der Waals surface area contributed by atoms with Crippen LogP contribution in [0.2, 0.25) is 5.02 Å². The largest absolute Gasteiger partial charge is 0.371 e. The predicted octanol–water partition coefficient (Wildman–Crippen LogP) is 3.03. The summed E-state index contributed by atoms with van der Waals surface area (Å²) in [7, 11) is 0. The molecule has 0 radical (unpaired) electrons. The highest BCUT2D eigenvalue weighted by Crippen LogP contribution is 2.57. The molecule has 0 amide bonds. The van der Waals surface area contributed by atoms with Gasteiger partial charge in [-0.1, -0.05) is 22.8 Å². The molecule has 4 aromatic rings. The van der Waals surface area contributed by atoms with E-state index in [1.807, 2.05) is 25.1 Å². The van der Waals surface area contributed by atoms with Crippen LogP contribution >= 0.6 is 11.6 Å². The zero-order valence-corrected chi connectivity index (χ0v) is 17.5. The monoisotopic (exact) mass is 434 g/mol. The van der Waals surface area contributed by atoms with Gasteiger partial charge in [-0.2, -0.15) is 4.98 Å². The molecular weight excluding hydrogens is 416 g/mol. The van der Waals surface area contributed by atoms with Crippen molar-refractivity contribution in [2.45, 2.75) is 19.4 Å². The number of aryl methyl sites for hydroxylation is 1. The van der Waals surface area contributed by atoms with E-state index in [1.54, 1.807) is 12.4 Å². The molecule has 4 heterocycles. The number of pyridine rings is 1. The molecule has 0 bridgehead atoms. The molecule has 0 spiro atoms. The topological polar surface area (TPSA) is 89.9 Å². The van der Waals surface area contributed by atoms with Crippen LogP contribution in [-0.4, -0.2) is 37.8 Å². The Balaban J connectivity index is 1.18. The first kappa shape index (κ1) is 18.5. The summed E-state index contributed by atoms with van der Waals surface area (Å²) in [5.74, 6) is 2.50. The van der Waals surface area contributed by atoms with E-state index in [0.29, 0.717) is 34.5 Å². The number of nitrogens with zero attached hydrogens (tertiary/aromatic N) is 6. The molecule has 3 aromatic heterocycles. The highest BCUT2D eigenvalue weighted by atomic mass is 35.5. The molecule has 8 nitrogen and oxygen atoms in total. The van der Waals surface area contributed by atoms with Crippen LogP contribution in [0.4, 0.5) is 5.69 Å². The maximum atomic E-state index is 12.9. The number of benzene rings is 1. The number of piperidine rings is 1. The van der Waals surface area contributed by atoms with Crippen LogP contribution in [0.1, 0.15) is 23.2 Å². The number of hydrogen-bond donors (Lipinski definition) is 0. The zero-order valence-electron chi connectivity index (χ0n) is 16.8. The van der Waals surface area contributed by atoms with Crippen molar-refractivity contribution in [3.05, 3.63) is 75.6 Å². The number of aromatic nitrogens is 5. The van der Waals surface area contributed by atoms with E-state index >= 15 is 0 Å². The maximum absolute atomic E-state index is 12.9. The van der Waals surface area contributed by atoms with Crippen molar-refractivity contribution in [3.8, 4) is 0 Å². The third-order valence-corrected chi connectivity index (χ3v) is 6.62. The summed E-state index contributed by atoms with van der Waals surface area (Å²) >= 11 is 6.13. The average molecular weight is 435 g/mol. The molecule has 2 atom stereocenters. The molecule has 2 unspecified atom stereocenters. The third kappa shape index (κ3) is 3.09. The van der Waals surface area contributed by atoms with Gasteiger partial charge in [-0.15, -0.1) is 0 Å². The molecule has 1 aliphatic heterocycles. The van der Waals surface area contributed by atoms with Crippen LogP contribution in [0.3, 0.4) is 0 Å². The Labute approximate surface area is 182 Å². The second kappa shape index (κ2) is 6.88. The van der Waals surface area contributed by atoms with Crippen molar-refractivity contribution in [1.29, 1.82) is 0 Å². The molecular formula is C22H19ClN6O2. The van der Waals surface area contributed by atoms with Gasteiger partial charge in [0.1, 0.15) is 6.54 Å². The summed E-state index contributed by atoms with van der Waals surface area (Å²) in [6.45, 7) is 3.97. The number of hydrogen-bond acceptors (Lipinski definition) is 7. The van der Waals surface area contributed by atoms with E-state index in [9.17, 15) is 4.79 Å². The van der Waals surface area contributed by atoms with Crippen LogP contribution < -0.4 is 10.5 Å². The van der Waals surface area contributed by atoms with Crippen LogP contribution in [0, 0.1) is 18.8 Å². The Kier molecular flexibility index (Phi) is 4.11. The van der Waals surface area contributed by atoms with E-state index in [4.69, 9.17) is 16.1 Å². The summed E-state index contributed by atoms with van der Waals surface area (Å²) in [5.41, 5.74) is 2.40. The summed E-state index contributed by atoms with van der Waals surface area (Å²) in [5, 5.41) is 5.52. The van der Waals surface area contributed by atoms with Crippen molar-refractivity contribution >= 4 is 28.2 Å². The standard InChI is InChI=1S/C22H19ClN6O2/c1-12-6-24-7-17-19(12)22(30)29(11-25-17)10-18-26-21(27-31-18)20-15-8-28(9-16(15)20)14-4-2-3-13(23)5-14/h2-7,11,15-16,20H,8-10H2,1H3. The summed E-state index contributed by atoms with van der Waals surface area (Å²) in [6, 6.07) is 7.96. The number of anilines is 1. The van der Waals surface area contributed by atoms with E-state index in [1.165, 1.54) is 10.9 Å². The van der Waals surface area contributed by atoms with Crippen molar-refractivity contribution in [1.82, 2.24) is 24.7 Å². The van der Waals surface area contributed by atoms with Gasteiger partial charge in [0.2, 0.25) is 5.89 Å². The molecule has 31 heavy (non-hydrogen) atoms. The normalized spacial score (nSPS) is 22.1. The SMILES string of the molecule is Cc1cncc2ncn(Cc3nc(C4C5CN(c6cccc(Cl)c6)CC54)no3)c(=O)c12. The molecule has 156 valence electrons. The zero-order chi connectivity index (χ0) is 21.1. The molecule has 0 N–H and O–H groups in total. The van der Waals surface area contributed by atoms with E-state index < -0.39 is 0 Å². The van der Waals surface area contributed by atoms with Crippen molar-refractivity contribution < 1.29 is 4.52 Å². The minimum absolute atomic E-state index is 0.134. The first-order valence-electron chi connectivity index (χ1n) is 10.2. The Morgan fingerprint density at radius 3 is 2.87 bits per heavy atom.